The molecule has 1 fully saturated rings. The van der Waals surface area contributed by atoms with Gasteiger partial charge >= 0.3 is 0 Å². The average Bonchev–Trinajstić information content (AvgIpc) is 3.03. The minimum atomic E-state index is 0.208. The molecular formula is C13H18BrNO. The first kappa shape index (κ1) is 11.9. The molecule has 88 valence electrons. The topological polar surface area (TPSA) is 21.3 Å². The monoisotopic (exact) mass is 283 g/mol. The largest absolute Gasteiger partial charge is 0.488 e. The van der Waals surface area contributed by atoms with Crippen LogP contribution in [0.4, 0.5) is 0 Å². The van der Waals surface area contributed by atoms with Gasteiger partial charge in [0, 0.05) is 12.6 Å². The lowest BCUT2D eigenvalue weighted by molar-refractivity contribution is 0.215. The maximum absolute atomic E-state index is 5.87. The zero-order valence-corrected chi connectivity index (χ0v) is 11.4. The number of ether oxygens (including phenoxy) is 1. The maximum Gasteiger partial charge on any atom is 0.133 e. The van der Waals surface area contributed by atoms with Crippen LogP contribution in [0.1, 0.15) is 25.3 Å². The average molecular weight is 284 g/mol. The van der Waals surface area contributed by atoms with E-state index < -0.39 is 0 Å². The Hall–Kier alpha value is -0.540. The van der Waals surface area contributed by atoms with Crippen LogP contribution in [0.2, 0.25) is 0 Å². The second-order valence-corrected chi connectivity index (χ2v) is 5.40. The van der Waals surface area contributed by atoms with Gasteiger partial charge < -0.3 is 10.1 Å². The van der Waals surface area contributed by atoms with E-state index in [1.54, 1.807) is 0 Å². The molecule has 0 aliphatic heterocycles. The van der Waals surface area contributed by atoms with Crippen LogP contribution in [0.3, 0.4) is 0 Å². The summed E-state index contributed by atoms with van der Waals surface area (Å²) >= 11 is 3.52. The van der Waals surface area contributed by atoms with E-state index in [1.165, 1.54) is 18.4 Å². The summed E-state index contributed by atoms with van der Waals surface area (Å²) in [6, 6.07) is 6.91. The van der Waals surface area contributed by atoms with Crippen molar-refractivity contribution in [3.63, 3.8) is 0 Å². The molecule has 1 aromatic rings. The molecule has 1 aliphatic carbocycles. The van der Waals surface area contributed by atoms with Crippen LogP contribution in [0.15, 0.2) is 22.7 Å². The quantitative estimate of drug-likeness (QED) is 0.896. The van der Waals surface area contributed by atoms with Gasteiger partial charge in [-0.25, -0.2) is 0 Å². The summed E-state index contributed by atoms with van der Waals surface area (Å²) in [7, 11) is 0. The van der Waals surface area contributed by atoms with Gasteiger partial charge in [0.05, 0.1) is 4.47 Å². The van der Waals surface area contributed by atoms with Gasteiger partial charge in [0.2, 0.25) is 0 Å². The van der Waals surface area contributed by atoms with E-state index in [4.69, 9.17) is 4.74 Å². The van der Waals surface area contributed by atoms with E-state index in [1.807, 2.05) is 6.07 Å². The van der Waals surface area contributed by atoms with Gasteiger partial charge in [-0.3, -0.25) is 0 Å². The van der Waals surface area contributed by atoms with Gasteiger partial charge in [-0.15, -0.1) is 0 Å². The van der Waals surface area contributed by atoms with Crippen molar-refractivity contribution in [1.29, 1.82) is 0 Å². The van der Waals surface area contributed by atoms with E-state index in [9.17, 15) is 0 Å². The molecule has 1 aliphatic rings. The zero-order valence-electron chi connectivity index (χ0n) is 9.79. The number of hydrogen-bond acceptors (Lipinski definition) is 2. The summed E-state index contributed by atoms with van der Waals surface area (Å²) in [4.78, 5) is 0. The van der Waals surface area contributed by atoms with Crippen molar-refractivity contribution in [1.82, 2.24) is 5.32 Å². The Kier molecular flexibility index (Phi) is 3.87. The highest BCUT2D eigenvalue weighted by Crippen LogP contribution is 2.26. The molecule has 0 bridgehead atoms. The second-order valence-electron chi connectivity index (χ2n) is 4.54. The van der Waals surface area contributed by atoms with Crippen molar-refractivity contribution in [2.75, 3.05) is 6.54 Å². The minimum Gasteiger partial charge on any atom is -0.488 e. The predicted molar refractivity (Wildman–Crippen MR) is 70.0 cm³/mol. The molecule has 0 saturated heterocycles. The fourth-order valence-electron chi connectivity index (χ4n) is 1.58. The Morgan fingerprint density at radius 2 is 2.25 bits per heavy atom. The van der Waals surface area contributed by atoms with Gasteiger partial charge in [-0.2, -0.15) is 0 Å². The van der Waals surface area contributed by atoms with E-state index >= 15 is 0 Å². The molecule has 0 radical (unpaired) electrons. The van der Waals surface area contributed by atoms with Crippen molar-refractivity contribution in [3.05, 3.63) is 28.2 Å². The van der Waals surface area contributed by atoms with E-state index in [0.717, 1.165) is 22.8 Å². The van der Waals surface area contributed by atoms with Crippen LogP contribution >= 0.6 is 15.9 Å². The molecule has 0 amide bonds. The van der Waals surface area contributed by atoms with Gasteiger partial charge in [-0.05, 0) is 60.3 Å². The van der Waals surface area contributed by atoms with Crippen molar-refractivity contribution in [2.24, 2.45) is 0 Å². The summed E-state index contributed by atoms with van der Waals surface area (Å²) < 4.78 is 6.90. The number of hydrogen-bond donors (Lipinski definition) is 1. The van der Waals surface area contributed by atoms with Gasteiger partial charge in [0.15, 0.2) is 0 Å². The van der Waals surface area contributed by atoms with Gasteiger partial charge in [0.25, 0.3) is 0 Å². The summed E-state index contributed by atoms with van der Waals surface area (Å²) in [6.07, 6.45) is 2.85. The highest BCUT2D eigenvalue weighted by molar-refractivity contribution is 9.10. The Balaban J connectivity index is 1.86. The number of nitrogens with one attached hydrogen (secondary N) is 1. The number of halogens is 1. The normalized spacial score (nSPS) is 17.2. The predicted octanol–water partition coefficient (Wildman–Crippen LogP) is 3.28. The molecule has 16 heavy (non-hydrogen) atoms. The molecule has 1 aromatic carbocycles. The third-order valence-corrected chi connectivity index (χ3v) is 3.31. The Labute approximate surface area is 106 Å². The van der Waals surface area contributed by atoms with Crippen molar-refractivity contribution in [2.45, 2.75) is 38.8 Å². The van der Waals surface area contributed by atoms with Crippen LogP contribution < -0.4 is 10.1 Å². The third-order valence-electron chi connectivity index (χ3n) is 2.69. The molecule has 0 heterocycles. The smallest absolute Gasteiger partial charge is 0.133 e. The number of benzene rings is 1. The fraction of sp³-hybridized carbons (Fsp3) is 0.538. The van der Waals surface area contributed by atoms with Crippen molar-refractivity contribution >= 4 is 15.9 Å². The summed E-state index contributed by atoms with van der Waals surface area (Å²) in [6.45, 7) is 5.10. The standard InChI is InChI=1S/C13H18BrNO/c1-9-3-6-13(12(14)7-9)16-10(2)8-15-11-4-5-11/h3,6-7,10-11,15H,4-5,8H2,1-2H3. The molecule has 1 N–H and O–H groups in total. The first-order valence-corrected chi connectivity index (χ1v) is 6.60. The van der Waals surface area contributed by atoms with Crippen LogP contribution in [0, 0.1) is 6.92 Å². The van der Waals surface area contributed by atoms with Crippen LogP contribution in [-0.2, 0) is 0 Å². The van der Waals surface area contributed by atoms with Gasteiger partial charge in [0.1, 0.15) is 11.9 Å². The first-order chi connectivity index (χ1) is 7.65. The van der Waals surface area contributed by atoms with E-state index in [0.29, 0.717) is 0 Å². The lowest BCUT2D eigenvalue weighted by Gasteiger charge is -2.16. The minimum absolute atomic E-state index is 0.208. The number of aryl methyl sites for hydroxylation is 1. The molecule has 3 heteroatoms. The summed E-state index contributed by atoms with van der Waals surface area (Å²) in [5.74, 6) is 0.927. The SMILES string of the molecule is Cc1ccc(OC(C)CNC2CC2)c(Br)c1. The molecule has 0 aromatic heterocycles. The highest BCUT2D eigenvalue weighted by atomic mass is 79.9. The fourth-order valence-corrected chi connectivity index (χ4v) is 2.17. The Morgan fingerprint density at radius 3 is 2.88 bits per heavy atom. The molecule has 0 spiro atoms. The summed E-state index contributed by atoms with van der Waals surface area (Å²) in [5.41, 5.74) is 1.24. The van der Waals surface area contributed by atoms with Crippen molar-refractivity contribution < 1.29 is 4.74 Å². The summed E-state index contributed by atoms with van der Waals surface area (Å²) in [5, 5.41) is 3.47. The zero-order chi connectivity index (χ0) is 11.5. The first-order valence-electron chi connectivity index (χ1n) is 5.81. The third kappa shape index (κ3) is 3.49. The second kappa shape index (κ2) is 5.19. The van der Waals surface area contributed by atoms with Crippen LogP contribution in [-0.4, -0.2) is 18.7 Å². The van der Waals surface area contributed by atoms with Crippen LogP contribution in [0.5, 0.6) is 5.75 Å². The molecular weight excluding hydrogens is 266 g/mol. The Bertz CT molecular complexity index is 363. The van der Waals surface area contributed by atoms with Crippen LogP contribution in [0.25, 0.3) is 0 Å². The van der Waals surface area contributed by atoms with Crippen molar-refractivity contribution in [3.8, 4) is 5.75 Å². The number of rotatable bonds is 5. The lowest BCUT2D eigenvalue weighted by Crippen LogP contribution is -2.30. The van der Waals surface area contributed by atoms with Gasteiger partial charge in [-0.1, -0.05) is 6.07 Å². The molecule has 1 atom stereocenters. The maximum atomic E-state index is 5.87. The van der Waals surface area contributed by atoms with E-state index in [2.05, 4.69) is 47.2 Å². The highest BCUT2D eigenvalue weighted by Gasteiger charge is 2.21. The molecule has 1 saturated carbocycles. The lowest BCUT2D eigenvalue weighted by atomic mass is 10.2. The Morgan fingerprint density at radius 1 is 1.50 bits per heavy atom. The molecule has 1 unspecified atom stereocenters. The molecule has 2 nitrogen and oxygen atoms in total. The van der Waals surface area contributed by atoms with E-state index in [-0.39, 0.29) is 6.10 Å². The molecule has 2 rings (SSSR count).